The second-order valence-corrected chi connectivity index (χ2v) is 6.92. The highest BCUT2D eigenvalue weighted by atomic mass is 32.2. The Bertz CT molecular complexity index is 1010. The quantitative estimate of drug-likeness (QED) is 0.416. The molecular weight excluding hydrogens is 327 g/mol. The summed E-state index contributed by atoms with van der Waals surface area (Å²) in [6.07, 6.45) is 0. The molecule has 3 rings (SSSR count). The molecular formula is C16H15BN2O4S. The fraction of sp³-hybridized carbons (Fsp3) is 0. The minimum atomic E-state index is -3.94. The van der Waals surface area contributed by atoms with Crippen molar-refractivity contribution in [3.63, 3.8) is 0 Å². The standard InChI is InChI=1S/C16H15BN2O4S/c18-14-9-10-16(12-6-2-1-5-11(12)14)24(22,23)19-15-8-4-3-7-13(15)17(20)21/h1-10,19-21H,18H2. The zero-order chi connectivity index (χ0) is 17.3. The summed E-state index contributed by atoms with van der Waals surface area (Å²) in [6.45, 7) is 0. The van der Waals surface area contributed by atoms with Crippen LogP contribution in [0.3, 0.4) is 0 Å². The number of rotatable bonds is 4. The highest BCUT2D eigenvalue weighted by molar-refractivity contribution is 7.93. The number of nitrogen functional groups attached to an aromatic ring is 1. The van der Waals surface area contributed by atoms with Gasteiger partial charge < -0.3 is 15.8 Å². The average molecular weight is 342 g/mol. The average Bonchev–Trinajstić information content (AvgIpc) is 2.55. The number of fused-ring (bicyclic) bond motifs is 1. The predicted octanol–water partition coefficient (Wildman–Crippen LogP) is 0.903. The Balaban J connectivity index is 2.12. The van der Waals surface area contributed by atoms with Gasteiger partial charge >= 0.3 is 7.12 Å². The van der Waals surface area contributed by atoms with Crippen LogP contribution in [0.25, 0.3) is 10.8 Å². The summed E-state index contributed by atoms with van der Waals surface area (Å²) < 4.78 is 28.0. The van der Waals surface area contributed by atoms with Crippen molar-refractivity contribution < 1.29 is 18.5 Å². The molecule has 0 radical (unpaired) electrons. The van der Waals surface area contributed by atoms with Gasteiger partial charge in [0.1, 0.15) is 0 Å². The van der Waals surface area contributed by atoms with Crippen molar-refractivity contribution in [3.05, 3.63) is 60.7 Å². The van der Waals surface area contributed by atoms with E-state index >= 15 is 0 Å². The number of nitrogens with one attached hydrogen (secondary N) is 1. The van der Waals surface area contributed by atoms with Gasteiger partial charge in [0, 0.05) is 27.6 Å². The normalized spacial score (nSPS) is 11.4. The van der Waals surface area contributed by atoms with E-state index in [4.69, 9.17) is 5.73 Å². The third-order valence-corrected chi connectivity index (χ3v) is 5.11. The van der Waals surface area contributed by atoms with Gasteiger partial charge in [-0.3, -0.25) is 4.72 Å². The van der Waals surface area contributed by atoms with Crippen molar-refractivity contribution in [2.45, 2.75) is 4.90 Å². The van der Waals surface area contributed by atoms with Gasteiger partial charge in [-0.05, 0) is 18.2 Å². The minimum Gasteiger partial charge on any atom is -0.423 e. The highest BCUT2D eigenvalue weighted by Crippen LogP contribution is 2.28. The second-order valence-electron chi connectivity index (χ2n) is 5.26. The molecule has 3 aromatic carbocycles. The van der Waals surface area contributed by atoms with E-state index in [1.165, 1.54) is 24.3 Å². The lowest BCUT2D eigenvalue weighted by atomic mass is 9.79. The first-order valence-electron chi connectivity index (χ1n) is 7.15. The third-order valence-electron chi connectivity index (χ3n) is 3.69. The number of nitrogens with two attached hydrogens (primary N) is 1. The number of hydrogen-bond acceptors (Lipinski definition) is 5. The molecule has 8 heteroatoms. The summed E-state index contributed by atoms with van der Waals surface area (Å²) in [4.78, 5) is 0.0644. The van der Waals surface area contributed by atoms with Crippen LogP contribution in [-0.2, 0) is 10.0 Å². The molecule has 0 aromatic heterocycles. The molecule has 0 aliphatic carbocycles. The van der Waals surface area contributed by atoms with Gasteiger partial charge in [0.25, 0.3) is 10.0 Å². The van der Waals surface area contributed by atoms with E-state index in [-0.39, 0.29) is 16.0 Å². The Morgan fingerprint density at radius 3 is 2.21 bits per heavy atom. The Morgan fingerprint density at radius 2 is 1.50 bits per heavy atom. The fourth-order valence-electron chi connectivity index (χ4n) is 2.54. The molecule has 24 heavy (non-hydrogen) atoms. The van der Waals surface area contributed by atoms with Gasteiger partial charge in [-0.2, -0.15) is 0 Å². The molecule has 122 valence electrons. The lowest BCUT2D eigenvalue weighted by molar-refractivity contribution is 0.426. The molecule has 0 unspecified atom stereocenters. The van der Waals surface area contributed by atoms with Crippen LogP contribution in [0.2, 0.25) is 0 Å². The Hall–Kier alpha value is -2.55. The summed E-state index contributed by atoms with van der Waals surface area (Å²) >= 11 is 0. The van der Waals surface area contributed by atoms with Crippen LogP contribution in [0.4, 0.5) is 11.4 Å². The predicted molar refractivity (Wildman–Crippen MR) is 95.4 cm³/mol. The molecule has 0 saturated carbocycles. The number of benzene rings is 3. The molecule has 0 bridgehead atoms. The molecule has 0 fully saturated rings. The van der Waals surface area contributed by atoms with Crippen molar-refractivity contribution in [2.24, 2.45) is 0 Å². The minimum absolute atomic E-state index is 0.0644. The first-order chi connectivity index (χ1) is 11.4. The SMILES string of the molecule is Nc1ccc(S(=O)(=O)Nc2ccccc2B(O)O)c2ccccc12. The van der Waals surface area contributed by atoms with E-state index in [1.807, 2.05) is 0 Å². The number of hydrogen-bond donors (Lipinski definition) is 4. The van der Waals surface area contributed by atoms with Gasteiger partial charge in [-0.15, -0.1) is 0 Å². The van der Waals surface area contributed by atoms with Crippen molar-refractivity contribution in [1.82, 2.24) is 0 Å². The molecule has 0 aliphatic heterocycles. The summed E-state index contributed by atoms with van der Waals surface area (Å²) in [7, 11) is -5.73. The lowest BCUT2D eigenvalue weighted by Gasteiger charge is -2.14. The summed E-state index contributed by atoms with van der Waals surface area (Å²) in [5.74, 6) is 0. The molecule has 6 nitrogen and oxygen atoms in total. The molecule has 0 atom stereocenters. The second kappa shape index (κ2) is 6.16. The largest absolute Gasteiger partial charge is 0.490 e. The van der Waals surface area contributed by atoms with Crippen molar-refractivity contribution >= 4 is 44.8 Å². The first kappa shape index (κ1) is 16.3. The topological polar surface area (TPSA) is 113 Å². The molecule has 0 heterocycles. The zero-order valence-corrected chi connectivity index (χ0v) is 13.4. The number of sulfonamides is 1. The van der Waals surface area contributed by atoms with Crippen LogP contribution < -0.4 is 15.9 Å². The van der Waals surface area contributed by atoms with Gasteiger partial charge in [-0.1, -0.05) is 42.5 Å². The highest BCUT2D eigenvalue weighted by Gasteiger charge is 2.22. The van der Waals surface area contributed by atoms with Crippen LogP contribution in [0.5, 0.6) is 0 Å². The van der Waals surface area contributed by atoms with E-state index in [1.54, 1.807) is 36.4 Å². The van der Waals surface area contributed by atoms with Crippen molar-refractivity contribution in [2.75, 3.05) is 10.5 Å². The Kier molecular flexibility index (Phi) is 4.19. The maximum atomic E-state index is 12.8. The van der Waals surface area contributed by atoms with Crippen molar-refractivity contribution in [3.8, 4) is 0 Å². The summed E-state index contributed by atoms with van der Waals surface area (Å²) in [5, 5.41) is 19.9. The van der Waals surface area contributed by atoms with Crippen LogP contribution in [0, 0.1) is 0 Å². The summed E-state index contributed by atoms with van der Waals surface area (Å²) in [5.41, 5.74) is 6.56. The Morgan fingerprint density at radius 1 is 0.875 bits per heavy atom. The Labute approximate surface area is 139 Å². The maximum Gasteiger partial charge on any atom is 0.490 e. The number of anilines is 2. The van der Waals surface area contributed by atoms with Crippen molar-refractivity contribution in [1.29, 1.82) is 0 Å². The van der Waals surface area contributed by atoms with E-state index < -0.39 is 17.1 Å². The molecule has 0 aliphatic rings. The molecule has 3 aromatic rings. The van der Waals surface area contributed by atoms with Gasteiger partial charge in [0.2, 0.25) is 0 Å². The monoisotopic (exact) mass is 342 g/mol. The van der Waals surface area contributed by atoms with Crippen LogP contribution in [-0.4, -0.2) is 25.6 Å². The van der Waals surface area contributed by atoms with Gasteiger partial charge in [0.05, 0.1) is 4.90 Å². The van der Waals surface area contributed by atoms with E-state index in [9.17, 15) is 18.5 Å². The smallest absolute Gasteiger partial charge is 0.423 e. The third kappa shape index (κ3) is 2.94. The first-order valence-corrected chi connectivity index (χ1v) is 8.63. The number of para-hydroxylation sites is 1. The zero-order valence-electron chi connectivity index (χ0n) is 12.5. The van der Waals surface area contributed by atoms with E-state index in [0.717, 1.165) is 0 Å². The summed E-state index contributed by atoms with van der Waals surface area (Å²) in [6, 6.07) is 16.0. The molecule has 5 N–H and O–H groups in total. The molecule has 0 saturated heterocycles. The molecule has 0 amide bonds. The van der Waals surface area contributed by atoms with Gasteiger partial charge in [0.15, 0.2) is 0 Å². The van der Waals surface area contributed by atoms with Crippen LogP contribution in [0.1, 0.15) is 0 Å². The van der Waals surface area contributed by atoms with E-state index in [2.05, 4.69) is 4.72 Å². The van der Waals surface area contributed by atoms with Gasteiger partial charge in [-0.25, -0.2) is 8.42 Å². The van der Waals surface area contributed by atoms with Crippen LogP contribution >= 0.6 is 0 Å². The van der Waals surface area contributed by atoms with Crippen LogP contribution in [0.15, 0.2) is 65.6 Å². The van der Waals surface area contributed by atoms with E-state index in [0.29, 0.717) is 16.5 Å². The lowest BCUT2D eigenvalue weighted by Crippen LogP contribution is -2.33. The fourth-order valence-corrected chi connectivity index (χ4v) is 3.84. The maximum absolute atomic E-state index is 12.8. The molecule has 0 spiro atoms.